The van der Waals surface area contributed by atoms with E-state index in [4.69, 9.17) is 36.1 Å². The average Bonchev–Trinajstić information content (AvgIpc) is 3.88. The summed E-state index contributed by atoms with van der Waals surface area (Å²) >= 11 is 0. The highest BCUT2D eigenvalue weighted by Crippen LogP contribution is 2.45. The first-order valence-electron chi connectivity index (χ1n) is 21.2. The third-order valence-electron chi connectivity index (χ3n) is 8.56. The van der Waals surface area contributed by atoms with Crippen LogP contribution in [0.25, 0.3) is 100 Å². The number of hydrogen-bond acceptors (Lipinski definition) is 5. The zero-order valence-corrected chi connectivity index (χ0v) is 25.9. The number of hydrogen-bond donors (Lipinski definition) is 0. The summed E-state index contributed by atoms with van der Waals surface area (Å²) in [5, 5.41) is 1.09. The van der Waals surface area contributed by atoms with Gasteiger partial charge in [-0.25, -0.2) is 15.0 Å². The van der Waals surface area contributed by atoms with Crippen LogP contribution >= 0.6 is 0 Å². The van der Waals surface area contributed by atoms with E-state index in [2.05, 4.69) is 0 Å². The molecule has 0 bridgehead atoms. The molecule has 0 aliphatic carbocycles. The summed E-state index contributed by atoms with van der Waals surface area (Å²) in [5.74, 6) is 1.25. The Bertz CT molecular complexity index is 3410. The summed E-state index contributed by atoms with van der Waals surface area (Å²) in [6.07, 6.45) is 0. The Balaban J connectivity index is 1.32. The minimum Gasteiger partial charge on any atom is -0.456 e. The Kier molecular flexibility index (Phi) is 4.38. The van der Waals surface area contributed by atoms with Crippen molar-refractivity contribution in [3.63, 3.8) is 0 Å². The Morgan fingerprint density at radius 2 is 1.04 bits per heavy atom. The topological polar surface area (TPSA) is 65.0 Å². The third-order valence-corrected chi connectivity index (χ3v) is 8.56. The molecule has 0 spiro atoms. The Morgan fingerprint density at radius 1 is 0.400 bits per heavy atom. The fraction of sp³-hybridized carbons (Fsp3) is 0. The predicted octanol–water partition coefficient (Wildman–Crippen LogP) is 12.0. The monoisotopic (exact) mass is 652 g/mol. The van der Waals surface area contributed by atoms with Crippen LogP contribution in [0.2, 0.25) is 0 Å². The molecular weight excluding hydrogens is 615 g/mol. The molecule has 5 nitrogen and oxygen atoms in total. The molecule has 0 saturated carbocycles. The molecule has 0 N–H and O–H groups in total. The molecule has 5 heteroatoms. The lowest BCUT2D eigenvalue weighted by atomic mass is 9.93. The molecule has 0 amide bonds. The van der Waals surface area contributed by atoms with Gasteiger partial charge in [-0.15, -0.1) is 0 Å². The molecule has 0 fully saturated rings. The lowest BCUT2D eigenvalue weighted by Crippen LogP contribution is -2.00. The zero-order chi connectivity index (χ0) is 42.6. The first-order chi connectivity index (χ1) is 29.4. The average molecular weight is 653 g/mol. The second-order valence-corrected chi connectivity index (χ2v) is 11.5. The molecule has 3 heterocycles. The number of aromatic nitrogens is 3. The maximum atomic E-state index is 9.81. The van der Waals surface area contributed by atoms with Gasteiger partial charge in [0.15, 0.2) is 17.5 Å². The van der Waals surface area contributed by atoms with Crippen LogP contribution in [-0.2, 0) is 0 Å². The number of rotatable bonds is 5. The van der Waals surface area contributed by atoms with Crippen LogP contribution in [0.15, 0.2) is 172 Å². The molecule has 0 aliphatic rings. The lowest BCUT2D eigenvalue weighted by Gasteiger charge is -2.10. The minimum absolute atomic E-state index is 0.000636. The van der Waals surface area contributed by atoms with Gasteiger partial charge in [0.05, 0.1) is 15.1 Å². The Labute approximate surface area is 302 Å². The smallest absolute Gasteiger partial charge is 0.164 e. The predicted molar refractivity (Wildman–Crippen MR) is 202 cm³/mol. The van der Waals surface area contributed by atoms with Crippen molar-refractivity contribution in [2.24, 2.45) is 0 Å². The van der Waals surface area contributed by atoms with Gasteiger partial charge in [-0.2, -0.15) is 0 Å². The maximum Gasteiger partial charge on any atom is 0.164 e. The molecule has 0 radical (unpaired) electrons. The second-order valence-electron chi connectivity index (χ2n) is 11.5. The van der Waals surface area contributed by atoms with Gasteiger partial charge in [-0.05, 0) is 40.9 Å². The molecule has 0 unspecified atom stereocenters. The van der Waals surface area contributed by atoms with E-state index in [-0.39, 0.29) is 44.2 Å². The zero-order valence-electron chi connectivity index (χ0n) is 36.9. The van der Waals surface area contributed by atoms with Crippen molar-refractivity contribution in [2.45, 2.75) is 0 Å². The number of fused-ring (bicyclic) bond motifs is 6. The van der Waals surface area contributed by atoms with Crippen molar-refractivity contribution < 1.29 is 23.9 Å². The van der Waals surface area contributed by atoms with E-state index in [1.807, 2.05) is 72.8 Å². The number of furan rings is 2. The largest absolute Gasteiger partial charge is 0.456 e. The first-order valence-corrected chi connectivity index (χ1v) is 15.7. The minimum atomic E-state index is -0.670. The first kappa shape index (κ1) is 19.2. The fourth-order valence-corrected chi connectivity index (χ4v) is 6.34. The Hall–Kier alpha value is -6.85. The molecule has 10 rings (SSSR count). The van der Waals surface area contributed by atoms with Crippen LogP contribution in [0, 0.1) is 0 Å². The van der Waals surface area contributed by atoms with Crippen molar-refractivity contribution in [3.05, 3.63) is 164 Å². The van der Waals surface area contributed by atoms with Crippen molar-refractivity contribution in [3.8, 4) is 56.4 Å². The van der Waals surface area contributed by atoms with Gasteiger partial charge in [0, 0.05) is 43.8 Å². The summed E-state index contributed by atoms with van der Waals surface area (Å²) < 4.78 is 109. The molecule has 234 valence electrons. The van der Waals surface area contributed by atoms with Crippen LogP contribution in [0.3, 0.4) is 0 Å². The quantitative estimate of drug-likeness (QED) is 0.185. The summed E-state index contributed by atoms with van der Waals surface area (Å²) in [4.78, 5) is 14.7. The maximum absolute atomic E-state index is 9.81. The molecule has 3 aromatic heterocycles. The highest BCUT2D eigenvalue weighted by Gasteiger charge is 2.22. The van der Waals surface area contributed by atoms with Crippen molar-refractivity contribution >= 4 is 43.9 Å². The summed E-state index contributed by atoms with van der Waals surface area (Å²) in [6, 6.07) is 23.3. The van der Waals surface area contributed by atoms with Crippen LogP contribution < -0.4 is 0 Å². The SMILES string of the molecule is [2H]c1c([2H])c([2H])c(-c2c([2H])c(-c3cccc4c3oc3cccc(-c5nc(-c6ccccc6)nc(-c6ccccc6)n5)c34)c3c(oc4c([2H])c([2H])c([2H])c([2H])c43)c2[2H])c([2H])c1[2H]. The van der Waals surface area contributed by atoms with E-state index in [0.29, 0.717) is 39.4 Å². The van der Waals surface area contributed by atoms with Crippen molar-refractivity contribution in [1.29, 1.82) is 0 Å². The van der Waals surface area contributed by atoms with Crippen molar-refractivity contribution in [2.75, 3.05) is 0 Å². The van der Waals surface area contributed by atoms with E-state index < -0.39 is 72.0 Å². The standard InChI is InChI=1S/C45H27N3O2/c1-4-14-28(15-5-1)31-26-36(40-33-20-10-11-24-37(33)49-39(40)27-31)32-21-12-22-34-41-35(23-13-25-38(41)50-42(32)34)45-47-43(29-16-6-2-7-17-29)46-44(48-45)30-18-8-3-9-19-30/h1-27H/i1D,4D,5D,10D,11D,14D,15D,20D,24D,26D,27D. The molecule has 7 aromatic carbocycles. The highest BCUT2D eigenvalue weighted by molar-refractivity contribution is 6.19. The fourth-order valence-electron chi connectivity index (χ4n) is 6.34. The molecule has 50 heavy (non-hydrogen) atoms. The Morgan fingerprint density at radius 3 is 1.80 bits per heavy atom. The van der Waals surface area contributed by atoms with Crippen LogP contribution in [0.1, 0.15) is 15.1 Å². The van der Waals surface area contributed by atoms with Gasteiger partial charge in [-0.3, -0.25) is 0 Å². The molecule has 10 aromatic rings. The van der Waals surface area contributed by atoms with Gasteiger partial charge in [0.2, 0.25) is 0 Å². The molecule has 0 atom stereocenters. The van der Waals surface area contributed by atoms with Gasteiger partial charge >= 0.3 is 0 Å². The third kappa shape index (κ3) is 4.60. The summed E-state index contributed by atoms with van der Waals surface area (Å²) in [7, 11) is 0. The van der Waals surface area contributed by atoms with Crippen molar-refractivity contribution in [1.82, 2.24) is 15.0 Å². The number of para-hydroxylation sites is 2. The second kappa shape index (κ2) is 11.4. The molecule has 0 aliphatic heterocycles. The van der Waals surface area contributed by atoms with Gasteiger partial charge in [-0.1, -0.05) is 139 Å². The van der Waals surface area contributed by atoms with E-state index in [1.54, 1.807) is 24.3 Å². The number of benzene rings is 7. The van der Waals surface area contributed by atoms with Crippen LogP contribution in [0.4, 0.5) is 0 Å². The van der Waals surface area contributed by atoms with Gasteiger partial charge in [0.25, 0.3) is 0 Å². The number of nitrogens with zero attached hydrogens (tertiary/aromatic N) is 3. The molecule has 0 saturated heterocycles. The van der Waals surface area contributed by atoms with E-state index in [0.717, 1.165) is 11.1 Å². The van der Waals surface area contributed by atoms with Gasteiger partial charge < -0.3 is 8.83 Å². The van der Waals surface area contributed by atoms with Crippen LogP contribution in [0.5, 0.6) is 0 Å². The summed E-state index contributed by atoms with van der Waals surface area (Å²) in [6.45, 7) is 0. The van der Waals surface area contributed by atoms with E-state index >= 15 is 0 Å². The van der Waals surface area contributed by atoms with E-state index in [1.165, 1.54) is 0 Å². The van der Waals surface area contributed by atoms with Crippen LogP contribution in [-0.4, -0.2) is 15.0 Å². The van der Waals surface area contributed by atoms with Gasteiger partial charge in [0.1, 0.15) is 22.3 Å². The molecular formula is C45H27N3O2. The highest BCUT2D eigenvalue weighted by atomic mass is 16.3. The lowest BCUT2D eigenvalue weighted by molar-refractivity contribution is 0.669. The van der Waals surface area contributed by atoms with E-state index in [9.17, 15) is 2.74 Å². The normalized spacial score (nSPS) is 14.7. The summed E-state index contributed by atoms with van der Waals surface area (Å²) in [5.41, 5.74) is 1.78.